The molecule has 0 bridgehead atoms. The Morgan fingerprint density at radius 1 is 0.490 bits per heavy atom. The van der Waals surface area contributed by atoms with E-state index in [1.54, 1.807) is 0 Å². The lowest BCUT2D eigenvalue weighted by Crippen LogP contribution is -2.29. The fourth-order valence-corrected chi connectivity index (χ4v) is 7.86. The van der Waals surface area contributed by atoms with Crippen molar-refractivity contribution >= 4 is 11.4 Å². The van der Waals surface area contributed by atoms with Crippen molar-refractivity contribution in [3.05, 3.63) is 166 Å². The van der Waals surface area contributed by atoms with Crippen LogP contribution in [0.4, 0.5) is 11.4 Å². The molecule has 1 aliphatic rings. The third-order valence-corrected chi connectivity index (χ3v) is 10.5. The summed E-state index contributed by atoms with van der Waals surface area (Å²) in [6.45, 7) is 13.1. The van der Waals surface area contributed by atoms with Crippen molar-refractivity contribution in [3.63, 3.8) is 0 Å². The largest absolute Gasteiger partial charge is 0.457 e. The smallest absolute Gasteiger partial charge is 0.131 e. The van der Waals surface area contributed by atoms with Gasteiger partial charge in [-0.3, -0.25) is 0 Å². The van der Waals surface area contributed by atoms with Crippen LogP contribution in [-0.4, -0.2) is 0 Å². The first-order chi connectivity index (χ1) is 24.6. The number of hydrogen-bond acceptors (Lipinski definition) is 4. The van der Waals surface area contributed by atoms with Crippen LogP contribution < -0.4 is 20.9 Å². The number of nitrogen functional groups attached to an aromatic ring is 2. The Labute approximate surface area is 303 Å². The second-order valence-corrected chi connectivity index (χ2v) is 14.3. The standard InChI is InChI=1S/C47H48N2O2/c1-7-31-25-33(17-21-43(31)50-45-23-19-35(48)27-39(45)29(3)4)47(41-15-11-9-13-37(41)38-14-10-12-16-42(38)47)34-18-22-44(32(8-2)26-34)51-46-24-20-36(49)28-40(46)30(5)6/h9-30H,7-8,48-49H2,1-6H3. The Bertz CT molecular complexity index is 2070. The van der Waals surface area contributed by atoms with Crippen molar-refractivity contribution in [3.8, 4) is 34.1 Å². The summed E-state index contributed by atoms with van der Waals surface area (Å²) in [6, 6.07) is 43.2. The van der Waals surface area contributed by atoms with E-state index in [1.807, 2.05) is 36.4 Å². The van der Waals surface area contributed by atoms with Crippen LogP contribution in [0, 0.1) is 0 Å². The molecule has 0 radical (unpaired) electrons. The zero-order valence-corrected chi connectivity index (χ0v) is 30.6. The zero-order valence-electron chi connectivity index (χ0n) is 30.6. The average Bonchev–Trinajstić information content (AvgIpc) is 3.44. The van der Waals surface area contributed by atoms with Gasteiger partial charge in [0, 0.05) is 11.4 Å². The molecule has 0 saturated carbocycles. The normalized spacial score (nSPS) is 12.9. The van der Waals surface area contributed by atoms with Gasteiger partial charge in [0.05, 0.1) is 5.41 Å². The van der Waals surface area contributed by atoms with Crippen LogP contribution in [0.5, 0.6) is 23.0 Å². The highest BCUT2D eigenvalue weighted by atomic mass is 16.5. The SMILES string of the molecule is CCc1cc(C2(c3ccc(Oc4ccc(N)cc4C(C)C)c(CC)c3)c3ccccc3-c3ccccc32)ccc1Oc1ccc(N)cc1C(C)C. The quantitative estimate of drug-likeness (QED) is 0.142. The van der Waals surface area contributed by atoms with E-state index in [0.29, 0.717) is 0 Å². The number of nitrogens with two attached hydrogens (primary N) is 2. The van der Waals surface area contributed by atoms with Gasteiger partial charge in [0.15, 0.2) is 0 Å². The first-order valence-corrected chi connectivity index (χ1v) is 18.3. The van der Waals surface area contributed by atoms with Gasteiger partial charge in [0.1, 0.15) is 23.0 Å². The maximum absolute atomic E-state index is 6.71. The Morgan fingerprint density at radius 3 is 1.27 bits per heavy atom. The first kappa shape index (κ1) is 34.0. The topological polar surface area (TPSA) is 70.5 Å². The highest BCUT2D eigenvalue weighted by molar-refractivity contribution is 5.86. The Morgan fingerprint density at radius 2 is 0.882 bits per heavy atom. The molecule has 0 atom stereocenters. The number of rotatable bonds is 10. The molecule has 6 aromatic rings. The molecule has 0 saturated heterocycles. The van der Waals surface area contributed by atoms with Crippen LogP contribution in [0.1, 0.15) is 97.9 Å². The van der Waals surface area contributed by atoms with E-state index in [4.69, 9.17) is 20.9 Å². The molecule has 258 valence electrons. The molecule has 4 N–H and O–H groups in total. The van der Waals surface area contributed by atoms with Crippen LogP contribution in [0.25, 0.3) is 11.1 Å². The highest BCUT2D eigenvalue weighted by Gasteiger charge is 2.46. The van der Waals surface area contributed by atoms with Crippen molar-refractivity contribution in [1.29, 1.82) is 0 Å². The van der Waals surface area contributed by atoms with Crippen LogP contribution in [0.3, 0.4) is 0 Å². The van der Waals surface area contributed by atoms with Crippen molar-refractivity contribution in [2.75, 3.05) is 11.5 Å². The van der Waals surface area contributed by atoms with Crippen LogP contribution in [0.15, 0.2) is 121 Å². The van der Waals surface area contributed by atoms with Crippen LogP contribution in [-0.2, 0) is 18.3 Å². The fourth-order valence-electron chi connectivity index (χ4n) is 7.86. The van der Waals surface area contributed by atoms with Gasteiger partial charge in [-0.1, -0.05) is 114 Å². The summed E-state index contributed by atoms with van der Waals surface area (Å²) in [4.78, 5) is 0. The monoisotopic (exact) mass is 672 g/mol. The van der Waals surface area contributed by atoms with Gasteiger partial charge in [-0.05, 0) is 129 Å². The highest BCUT2D eigenvalue weighted by Crippen LogP contribution is 2.57. The van der Waals surface area contributed by atoms with Gasteiger partial charge >= 0.3 is 0 Å². The summed E-state index contributed by atoms with van der Waals surface area (Å²) in [5.74, 6) is 3.98. The molecular formula is C47H48N2O2. The molecule has 4 nitrogen and oxygen atoms in total. The molecular weight excluding hydrogens is 625 g/mol. The Kier molecular flexibility index (Phi) is 9.12. The van der Waals surface area contributed by atoms with Crippen LogP contribution >= 0.6 is 0 Å². The molecule has 0 aliphatic heterocycles. The number of ether oxygens (including phenoxy) is 2. The fraction of sp³-hybridized carbons (Fsp3) is 0.234. The number of anilines is 2. The second kappa shape index (κ2) is 13.7. The number of aryl methyl sites for hydroxylation is 2. The predicted octanol–water partition coefficient (Wildman–Crippen LogP) is 12.2. The summed E-state index contributed by atoms with van der Waals surface area (Å²) in [7, 11) is 0. The van der Waals surface area contributed by atoms with E-state index in [1.165, 1.54) is 33.4 Å². The molecule has 0 unspecified atom stereocenters. The molecule has 6 aromatic carbocycles. The van der Waals surface area contributed by atoms with E-state index in [2.05, 4.69) is 126 Å². The van der Waals surface area contributed by atoms with E-state index in [0.717, 1.165) is 69.5 Å². The number of hydrogen-bond donors (Lipinski definition) is 2. The number of fused-ring (bicyclic) bond motifs is 3. The van der Waals surface area contributed by atoms with Crippen molar-refractivity contribution in [2.24, 2.45) is 0 Å². The van der Waals surface area contributed by atoms with Gasteiger partial charge in [0.2, 0.25) is 0 Å². The van der Waals surface area contributed by atoms with Gasteiger partial charge in [-0.15, -0.1) is 0 Å². The van der Waals surface area contributed by atoms with E-state index >= 15 is 0 Å². The summed E-state index contributed by atoms with van der Waals surface area (Å²) in [5, 5.41) is 0. The van der Waals surface area contributed by atoms with Crippen molar-refractivity contribution < 1.29 is 9.47 Å². The van der Waals surface area contributed by atoms with Crippen molar-refractivity contribution in [1.82, 2.24) is 0 Å². The van der Waals surface area contributed by atoms with Gasteiger partial charge in [0.25, 0.3) is 0 Å². The molecule has 0 heterocycles. The molecule has 51 heavy (non-hydrogen) atoms. The lowest BCUT2D eigenvalue weighted by molar-refractivity contribution is 0.467. The Hall–Kier alpha value is -5.48. The summed E-state index contributed by atoms with van der Waals surface area (Å²) >= 11 is 0. The molecule has 7 rings (SSSR count). The zero-order chi connectivity index (χ0) is 35.9. The molecule has 0 aromatic heterocycles. The molecule has 0 fully saturated rings. The van der Waals surface area contributed by atoms with Crippen molar-refractivity contribution in [2.45, 2.75) is 71.6 Å². The summed E-state index contributed by atoms with van der Waals surface area (Å²) in [5.41, 5.74) is 25.3. The maximum Gasteiger partial charge on any atom is 0.131 e. The number of benzene rings is 6. The predicted molar refractivity (Wildman–Crippen MR) is 213 cm³/mol. The minimum Gasteiger partial charge on any atom is -0.457 e. The molecule has 0 spiro atoms. The third kappa shape index (κ3) is 5.93. The summed E-state index contributed by atoms with van der Waals surface area (Å²) in [6.07, 6.45) is 1.64. The van der Waals surface area contributed by atoms with E-state index < -0.39 is 5.41 Å². The van der Waals surface area contributed by atoms with Gasteiger partial charge in [-0.2, -0.15) is 0 Å². The lowest BCUT2D eigenvalue weighted by atomic mass is 9.67. The molecule has 1 aliphatic carbocycles. The maximum atomic E-state index is 6.71. The van der Waals surface area contributed by atoms with Gasteiger partial charge < -0.3 is 20.9 Å². The first-order valence-electron chi connectivity index (χ1n) is 18.3. The minimum absolute atomic E-state index is 0.277. The lowest BCUT2D eigenvalue weighted by Gasteiger charge is -2.35. The molecule has 4 heteroatoms. The Balaban J connectivity index is 1.41. The van der Waals surface area contributed by atoms with Gasteiger partial charge in [-0.25, -0.2) is 0 Å². The third-order valence-electron chi connectivity index (χ3n) is 10.5. The summed E-state index contributed by atoms with van der Waals surface area (Å²) < 4.78 is 13.4. The van der Waals surface area contributed by atoms with E-state index in [-0.39, 0.29) is 11.8 Å². The average molecular weight is 673 g/mol. The van der Waals surface area contributed by atoms with Crippen LogP contribution in [0.2, 0.25) is 0 Å². The second-order valence-electron chi connectivity index (χ2n) is 14.3. The minimum atomic E-state index is -0.549. The van der Waals surface area contributed by atoms with E-state index in [9.17, 15) is 0 Å². The molecule has 0 amide bonds.